The zero-order valence-electron chi connectivity index (χ0n) is 16.1. The van der Waals surface area contributed by atoms with Gasteiger partial charge in [0.2, 0.25) is 10.0 Å². The van der Waals surface area contributed by atoms with Crippen LogP contribution in [-0.2, 0) is 19.6 Å². The predicted molar refractivity (Wildman–Crippen MR) is 112 cm³/mol. The zero-order valence-corrected chi connectivity index (χ0v) is 17.7. The van der Waals surface area contributed by atoms with Gasteiger partial charge in [0.25, 0.3) is 17.4 Å². The summed E-state index contributed by atoms with van der Waals surface area (Å²) in [6.45, 7) is 2.39. The highest BCUT2D eigenvalue weighted by Crippen LogP contribution is 2.36. The van der Waals surface area contributed by atoms with E-state index in [-0.39, 0.29) is 4.90 Å². The molecule has 2 aliphatic rings. The Kier molecular flexibility index (Phi) is 5.21. The smallest absolute Gasteiger partial charge is 0.278 e. The number of anilines is 2. The normalized spacial score (nSPS) is 21.5. The Morgan fingerprint density at radius 1 is 1.17 bits per heavy atom. The number of carbonyl (C=O) groups is 2. The number of fused-ring (bicyclic) bond motifs is 1. The second-order valence-electron chi connectivity index (χ2n) is 7.32. The van der Waals surface area contributed by atoms with E-state index in [1.165, 1.54) is 41.6 Å². The molecule has 2 heterocycles. The second-order valence-corrected chi connectivity index (χ2v) is 9.69. The van der Waals surface area contributed by atoms with Crippen molar-refractivity contribution in [1.82, 2.24) is 4.31 Å². The van der Waals surface area contributed by atoms with Crippen LogP contribution in [0.2, 0.25) is 5.02 Å². The van der Waals surface area contributed by atoms with Crippen LogP contribution < -0.4 is 15.4 Å². The molecule has 0 spiro atoms. The predicted octanol–water partition coefficient (Wildman–Crippen LogP) is 2.85. The number of carbonyl (C=O) groups excluding carboxylic acids is 2. The van der Waals surface area contributed by atoms with Gasteiger partial charge in [0, 0.05) is 23.8 Å². The van der Waals surface area contributed by atoms with Crippen molar-refractivity contribution in [3.63, 3.8) is 0 Å². The fourth-order valence-electron chi connectivity index (χ4n) is 3.38. The van der Waals surface area contributed by atoms with Gasteiger partial charge >= 0.3 is 0 Å². The topological polar surface area (TPSA) is 105 Å². The van der Waals surface area contributed by atoms with Gasteiger partial charge in [0.1, 0.15) is 5.75 Å². The number of amides is 2. The van der Waals surface area contributed by atoms with Gasteiger partial charge in [-0.15, -0.1) is 0 Å². The number of ether oxygens (including phenoxy) is 1. The monoisotopic (exact) mass is 449 g/mol. The lowest BCUT2D eigenvalue weighted by Crippen LogP contribution is -2.56. The molecule has 0 saturated carbocycles. The number of hydrogen-bond acceptors (Lipinski definition) is 5. The summed E-state index contributed by atoms with van der Waals surface area (Å²) in [5.74, 6) is -0.998. The van der Waals surface area contributed by atoms with E-state index in [0.717, 1.165) is 12.8 Å². The largest absolute Gasteiger partial charge is 0.466 e. The molecule has 1 atom stereocenters. The van der Waals surface area contributed by atoms with Crippen molar-refractivity contribution in [3.8, 4) is 5.75 Å². The van der Waals surface area contributed by atoms with Crippen LogP contribution in [-0.4, -0.2) is 43.2 Å². The van der Waals surface area contributed by atoms with E-state index in [1.807, 2.05) is 0 Å². The van der Waals surface area contributed by atoms with Gasteiger partial charge in [-0.2, -0.15) is 4.31 Å². The van der Waals surface area contributed by atoms with Gasteiger partial charge in [0.05, 0.1) is 10.6 Å². The van der Waals surface area contributed by atoms with Crippen LogP contribution in [0.4, 0.5) is 11.4 Å². The lowest BCUT2D eigenvalue weighted by atomic mass is 10.0. The van der Waals surface area contributed by atoms with Crippen molar-refractivity contribution in [2.75, 3.05) is 23.7 Å². The quantitative estimate of drug-likeness (QED) is 0.698. The molecule has 8 nitrogen and oxygen atoms in total. The van der Waals surface area contributed by atoms with Crippen molar-refractivity contribution in [3.05, 3.63) is 47.5 Å². The number of nitrogens with one attached hydrogen (secondary N) is 2. The minimum Gasteiger partial charge on any atom is -0.466 e. The number of benzene rings is 2. The summed E-state index contributed by atoms with van der Waals surface area (Å²) in [4.78, 5) is 25.5. The number of sulfonamides is 1. The Morgan fingerprint density at radius 3 is 2.50 bits per heavy atom. The first kappa shape index (κ1) is 20.6. The third-order valence-electron chi connectivity index (χ3n) is 5.19. The fraction of sp³-hybridized carbons (Fsp3) is 0.300. The Bertz CT molecular complexity index is 1110. The first-order valence-corrected chi connectivity index (χ1v) is 11.2. The van der Waals surface area contributed by atoms with Crippen LogP contribution in [0.1, 0.15) is 19.8 Å². The highest BCUT2D eigenvalue weighted by atomic mass is 35.5. The molecule has 0 radical (unpaired) electrons. The number of rotatable bonds is 4. The van der Waals surface area contributed by atoms with E-state index >= 15 is 0 Å². The lowest BCUT2D eigenvalue weighted by Gasteiger charge is -2.33. The Balaban J connectivity index is 1.51. The molecule has 2 aromatic rings. The van der Waals surface area contributed by atoms with Gasteiger partial charge in [-0.25, -0.2) is 8.42 Å². The molecule has 2 amide bonds. The second kappa shape index (κ2) is 7.57. The number of nitrogens with zero attached hydrogens (tertiary/aromatic N) is 1. The standard InChI is InChI=1S/C20H20ClN3O5S/c1-20(19(26)23-16-12-13(21)4-9-17(16)29-20)18(25)22-14-5-7-15(8-6-14)30(27,28)24-10-2-3-11-24/h4-9,12H,2-3,10-11H2,1H3,(H,22,25)(H,23,26). The van der Waals surface area contributed by atoms with Crippen LogP contribution in [0.3, 0.4) is 0 Å². The molecule has 30 heavy (non-hydrogen) atoms. The van der Waals surface area contributed by atoms with Crippen molar-refractivity contribution in [2.45, 2.75) is 30.3 Å². The Labute approximate surface area is 179 Å². The maximum absolute atomic E-state index is 12.8. The molecule has 1 unspecified atom stereocenters. The third kappa shape index (κ3) is 3.64. The molecule has 2 aromatic carbocycles. The van der Waals surface area contributed by atoms with E-state index in [0.29, 0.717) is 35.2 Å². The summed E-state index contributed by atoms with van der Waals surface area (Å²) in [6, 6.07) is 10.5. The van der Waals surface area contributed by atoms with Crippen LogP contribution in [0.15, 0.2) is 47.4 Å². The van der Waals surface area contributed by atoms with E-state index < -0.39 is 27.4 Å². The summed E-state index contributed by atoms with van der Waals surface area (Å²) < 4.78 is 32.3. The molecule has 1 fully saturated rings. The summed E-state index contributed by atoms with van der Waals surface area (Å²) in [6.07, 6.45) is 1.70. The first-order valence-electron chi connectivity index (χ1n) is 9.42. The van der Waals surface area contributed by atoms with E-state index in [2.05, 4.69) is 10.6 Å². The molecule has 0 aliphatic carbocycles. The first-order chi connectivity index (χ1) is 14.2. The molecular formula is C20H20ClN3O5S. The van der Waals surface area contributed by atoms with Crippen LogP contribution in [0.25, 0.3) is 0 Å². The molecule has 10 heteroatoms. The minimum absolute atomic E-state index is 0.158. The van der Waals surface area contributed by atoms with Gasteiger partial charge in [-0.1, -0.05) is 11.6 Å². The maximum Gasteiger partial charge on any atom is 0.278 e. The summed E-state index contributed by atoms with van der Waals surface area (Å²) >= 11 is 5.92. The third-order valence-corrected chi connectivity index (χ3v) is 7.33. The molecule has 0 bridgehead atoms. The van der Waals surface area contributed by atoms with Gasteiger partial charge in [-0.05, 0) is 62.2 Å². The molecule has 2 aliphatic heterocycles. The maximum atomic E-state index is 12.8. The summed E-state index contributed by atoms with van der Waals surface area (Å²) in [5, 5.41) is 5.66. The highest BCUT2D eigenvalue weighted by molar-refractivity contribution is 7.89. The summed E-state index contributed by atoms with van der Waals surface area (Å²) in [5.41, 5.74) is -1.07. The van der Waals surface area contributed by atoms with Crippen molar-refractivity contribution in [1.29, 1.82) is 0 Å². The summed E-state index contributed by atoms with van der Waals surface area (Å²) in [7, 11) is -3.54. The van der Waals surface area contributed by atoms with Crippen molar-refractivity contribution in [2.24, 2.45) is 0 Å². The average Bonchev–Trinajstić information content (AvgIpc) is 3.25. The van der Waals surface area contributed by atoms with Crippen LogP contribution in [0, 0.1) is 0 Å². The SMILES string of the molecule is CC1(C(=O)Nc2ccc(S(=O)(=O)N3CCCC3)cc2)Oc2ccc(Cl)cc2NC1=O. The highest BCUT2D eigenvalue weighted by Gasteiger charge is 2.47. The average molecular weight is 450 g/mol. The molecule has 2 N–H and O–H groups in total. The van der Waals surface area contributed by atoms with Gasteiger partial charge in [-0.3, -0.25) is 9.59 Å². The number of halogens is 1. The molecule has 1 saturated heterocycles. The van der Waals surface area contributed by atoms with Gasteiger partial charge in [0.15, 0.2) is 0 Å². The molecule has 0 aromatic heterocycles. The molecule has 4 rings (SSSR count). The van der Waals surface area contributed by atoms with E-state index in [9.17, 15) is 18.0 Å². The van der Waals surface area contributed by atoms with E-state index in [1.54, 1.807) is 12.1 Å². The molecular weight excluding hydrogens is 430 g/mol. The Morgan fingerprint density at radius 2 is 1.83 bits per heavy atom. The Hall–Kier alpha value is -2.62. The van der Waals surface area contributed by atoms with Crippen molar-refractivity contribution < 1.29 is 22.7 Å². The van der Waals surface area contributed by atoms with E-state index in [4.69, 9.17) is 16.3 Å². The zero-order chi connectivity index (χ0) is 21.5. The molecule has 158 valence electrons. The van der Waals surface area contributed by atoms with Crippen LogP contribution in [0.5, 0.6) is 5.75 Å². The van der Waals surface area contributed by atoms with Crippen LogP contribution >= 0.6 is 11.6 Å². The lowest BCUT2D eigenvalue weighted by molar-refractivity contribution is -0.143. The number of hydrogen-bond donors (Lipinski definition) is 2. The van der Waals surface area contributed by atoms with Crippen molar-refractivity contribution >= 4 is 44.8 Å². The fourth-order valence-corrected chi connectivity index (χ4v) is 5.07. The minimum atomic E-state index is -3.54. The van der Waals surface area contributed by atoms with Gasteiger partial charge < -0.3 is 15.4 Å².